The molecule has 0 rings (SSSR count). The number of carbonyl (C=O) groups is 3. The summed E-state index contributed by atoms with van der Waals surface area (Å²) in [6.07, 6.45) is 1.25. The van der Waals surface area contributed by atoms with Gasteiger partial charge in [0.05, 0.1) is 0 Å². The van der Waals surface area contributed by atoms with Gasteiger partial charge < -0.3 is 20.7 Å². The molecule has 0 aliphatic rings. The van der Waals surface area contributed by atoms with E-state index in [9.17, 15) is 14.4 Å². The van der Waals surface area contributed by atoms with Crippen molar-refractivity contribution in [2.24, 2.45) is 5.92 Å². The van der Waals surface area contributed by atoms with Crippen LogP contribution in [-0.2, 0) is 14.3 Å². The van der Waals surface area contributed by atoms with Gasteiger partial charge in [-0.1, -0.05) is 13.8 Å². The Bertz CT molecular complexity index is 387. The minimum atomic E-state index is -0.556. The third kappa shape index (κ3) is 11.4. The SMILES string of the molecule is CCC(CC)C(=O)NCCNC(=O)CCNC(=O)OC(C)(C)C. The van der Waals surface area contributed by atoms with Crippen molar-refractivity contribution in [2.75, 3.05) is 19.6 Å². The predicted molar refractivity (Wildman–Crippen MR) is 88.9 cm³/mol. The molecule has 0 aromatic carbocycles. The first-order valence-corrected chi connectivity index (χ1v) is 8.20. The van der Waals surface area contributed by atoms with Crippen molar-refractivity contribution in [2.45, 2.75) is 59.5 Å². The highest BCUT2D eigenvalue weighted by molar-refractivity contribution is 5.79. The number of amides is 3. The van der Waals surface area contributed by atoms with Gasteiger partial charge in [0.2, 0.25) is 11.8 Å². The second-order valence-corrected chi connectivity index (χ2v) is 6.33. The molecule has 0 aromatic rings. The van der Waals surface area contributed by atoms with Gasteiger partial charge in [0.15, 0.2) is 0 Å². The van der Waals surface area contributed by atoms with Crippen molar-refractivity contribution in [1.82, 2.24) is 16.0 Å². The lowest BCUT2D eigenvalue weighted by molar-refractivity contribution is -0.125. The molecule has 0 saturated carbocycles. The minimum Gasteiger partial charge on any atom is -0.444 e. The Hall–Kier alpha value is -1.79. The fourth-order valence-corrected chi connectivity index (χ4v) is 1.87. The van der Waals surface area contributed by atoms with Crippen molar-refractivity contribution in [1.29, 1.82) is 0 Å². The molecule has 0 atom stereocenters. The quantitative estimate of drug-likeness (QED) is 0.559. The zero-order valence-corrected chi connectivity index (χ0v) is 15.0. The van der Waals surface area contributed by atoms with E-state index in [2.05, 4.69) is 16.0 Å². The molecule has 134 valence electrons. The molecule has 0 spiro atoms. The number of alkyl carbamates (subject to hydrolysis) is 1. The Morgan fingerprint density at radius 1 is 0.913 bits per heavy atom. The van der Waals surface area contributed by atoms with Crippen LogP contribution in [0.25, 0.3) is 0 Å². The number of hydrogen-bond acceptors (Lipinski definition) is 4. The number of rotatable bonds is 9. The number of hydrogen-bond donors (Lipinski definition) is 3. The molecular formula is C16H31N3O4. The standard InChI is InChI=1S/C16H31N3O4/c1-6-12(7-2)14(21)18-11-10-17-13(20)8-9-19-15(22)23-16(3,4)5/h12H,6-11H2,1-5H3,(H,17,20)(H,18,21)(H,19,22). The summed E-state index contributed by atoms with van der Waals surface area (Å²) in [5.41, 5.74) is -0.556. The highest BCUT2D eigenvalue weighted by Gasteiger charge is 2.16. The summed E-state index contributed by atoms with van der Waals surface area (Å²) in [7, 11) is 0. The zero-order valence-electron chi connectivity index (χ0n) is 15.0. The van der Waals surface area contributed by atoms with E-state index in [1.807, 2.05) is 13.8 Å². The highest BCUT2D eigenvalue weighted by atomic mass is 16.6. The van der Waals surface area contributed by atoms with E-state index in [1.54, 1.807) is 20.8 Å². The molecule has 23 heavy (non-hydrogen) atoms. The first-order valence-electron chi connectivity index (χ1n) is 8.20. The average Bonchev–Trinajstić information content (AvgIpc) is 2.43. The molecule has 0 saturated heterocycles. The summed E-state index contributed by atoms with van der Waals surface area (Å²) in [6.45, 7) is 10.3. The van der Waals surface area contributed by atoms with Crippen LogP contribution in [0.3, 0.4) is 0 Å². The van der Waals surface area contributed by atoms with Crippen LogP contribution in [0.2, 0.25) is 0 Å². The Morgan fingerprint density at radius 3 is 2.00 bits per heavy atom. The summed E-state index contributed by atoms with van der Waals surface area (Å²) in [5.74, 6) is -0.127. The molecule has 0 heterocycles. The molecule has 0 radical (unpaired) electrons. The number of nitrogens with one attached hydrogen (secondary N) is 3. The maximum absolute atomic E-state index is 11.7. The molecular weight excluding hydrogens is 298 g/mol. The summed E-state index contributed by atoms with van der Waals surface area (Å²) in [6, 6.07) is 0. The topological polar surface area (TPSA) is 96.5 Å². The van der Waals surface area contributed by atoms with Crippen molar-refractivity contribution in [3.05, 3.63) is 0 Å². The molecule has 0 fully saturated rings. The normalized spacial score (nSPS) is 11.0. The van der Waals surface area contributed by atoms with E-state index in [1.165, 1.54) is 0 Å². The van der Waals surface area contributed by atoms with Crippen LogP contribution in [0.15, 0.2) is 0 Å². The Kier molecular flexibility index (Phi) is 10.0. The van der Waals surface area contributed by atoms with Gasteiger partial charge in [-0.2, -0.15) is 0 Å². The number of ether oxygens (including phenoxy) is 1. The van der Waals surface area contributed by atoms with Crippen LogP contribution in [0.1, 0.15) is 53.9 Å². The van der Waals surface area contributed by atoms with Crippen LogP contribution < -0.4 is 16.0 Å². The van der Waals surface area contributed by atoms with Crippen LogP contribution in [0.4, 0.5) is 4.79 Å². The Labute approximate surface area is 138 Å². The van der Waals surface area contributed by atoms with Crippen molar-refractivity contribution >= 4 is 17.9 Å². The summed E-state index contributed by atoms with van der Waals surface area (Å²) in [5, 5.41) is 8.00. The van der Waals surface area contributed by atoms with Crippen LogP contribution in [-0.4, -0.2) is 43.1 Å². The van der Waals surface area contributed by atoms with Crippen molar-refractivity contribution in [3.8, 4) is 0 Å². The van der Waals surface area contributed by atoms with Crippen LogP contribution >= 0.6 is 0 Å². The maximum Gasteiger partial charge on any atom is 0.407 e. The lowest BCUT2D eigenvalue weighted by Crippen LogP contribution is -2.38. The molecule has 3 N–H and O–H groups in total. The fraction of sp³-hybridized carbons (Fsp3) is 0.812. The summed E-state index contributed by atoms with van der Waals surface area (Å²) >= 11 is 0. The Balaban J connectivity index is 3.73. The molecule has 0 bridgehead atoms. The number of carbonyl (C=O) groups excluding carboxylic acids is 3. The molecule has 7 nitrogen and oxygen atoms in total. The monoisotopic (exact) mass is 329 g/mol. The fourth-order valence-electron chi connectivity index (χ4n) is 1.87. The first kappa shape index (κ1) is 21.2. The molecule has 7 heteroatoms. The molecule has 0 unspecified atom stereocenters. The van der Waals surface area contributed by atoms with E-state index in [4.69, 9.17) is 4.74 Å². The summed E-state index contributed by atoms with van der Waals surface area (Å²) < 4.78 is 5.06. The first-order chi connectivity index (χ1) is 10.7. The summed E-state index contributed by atoms with van der Waals surface area (Å²) in [4.78, 5) is 34.7. The van der Waals surface area contributed by atoms with Crippen LogP contribution in [0.5, 0.6) is 0 Å². The van der Waals surface area contributed by atoms with Gasteiger partial charge in [0.25, 0.3) is 0 Å². The van der Waals surface area contributed by atoms with Gasteiger partial charge in [-0.25, -0.2) is 4.79 Å². The predicted octanol–water partition coefficient (Wildman–Crippen LogP) is 1.57. The second-order valence-electron chi connectivity index (χ2n) is 6.33. The third-order valence-corrected chi connectivity index (χ3v) is 3.12. The molecule has 0 aromatic heterocycles. The van der Waals surface area contributed by atoms with E-state index in [-0.39, 0.29) is 30.7 Å². The average molecular weight is 329 g/mol. The van der Waals surface area contributed by atoms with E-state index in [0.29, 0.717) is 13.1 Å². The molecule has 0 aliphatic heterocycles. The lowest BCUT2D eigenvalue weighted by Gasteiger charge is -2.19. The smallest absolute Gasteiger partial charge is 0.407 e. The lowest BCUT2D eigenvalue weighted by atomic mass is 10.0. The van der Waals surface area contributed by atoms with Gasteiger partial charge in [-0.3, -0.25) is 9.59 Å². The van der Waals surface area contributed by atoms with Gasteiger partial charge in [-0.15, -0.1) is 0 Å². The third-order valence-electron chi connectivity index (χ3n) is 3.12. The molecule has 0 aliphatic carbocycles. The minimum absolute atomic E-state index is 0.0239. The maximum atomic E-state index is 11.7. The van der Waals surface area contributed by atoms with Gasteiger partial charge in [0, 0.05) is 32.0 Å². The van der Waals surface area contributed by atoms with Gasteiger partial charge in [-0.05, 0) is 33.6 Å². The van der Waals surface area contributed by atoms with E-state index in [0.717, 1.165) is 12.8 Å². The second kappa shape index (κ2) is 10.9. The van der Waals surface area contributed by atoms with Gasteiger partial charge >= 0.3 is 6.09 Å². The largest absolute Gasteiger partial charge is 0.444 e. The Morgan fingerprint density at radius 2 is 1.48 bits per heavy atom. The zero-order chi connectivity index (χ0) is 17.9. The molecule has 3 amide bonds. The van der Waals surface area contributed by atoms with E-state index >= 15 is 0 Å². The van der Waals surface area contributed by atoms with Crippen LogP contribution in [0, 0.1) is 5.92 Å². The van der Waals surface area contributed by atoms with Gasteiger partial charge in [0.1, 0.15) is 5.60 Å². The van der Waals surface area contributed by atoms with Crippen molar-refractivity contribution in [3.63, 3.8) is 0 Å². The van der Waals surface area contributed by atoms with Crippen molar-refractivity contribution < 1.29 is 19.1 Å². The van der Waals surface area contributed by atoms with E-state index < -0.39 is 11.7 Å². The highest BCUT2D eigenvalue weighted by Crippen LogP contribution is 2.07.